The molecule has 352 valence electrons. The number of hydrogen-bond donors (Lipinski definition) is 2. The second kappa shape index (κ2) is 26.8. The number of para-hydroxylation sites is 4. The van der Waals surface area contributed by atoms with Gasteiger partial charge in [-0.25, -0.2) is 10.1 Å². The third kappa shape index (κ3) is 14.6. The molecule has 0 aliphatic carbocycles. The number of carbonyl (C=O) groups excluding carboxylic acids is 2. The molecule has 0 atom stereocenters. The molecule has 0 bridgehead atoms. The van der Waals surface area contributed by atoms with Gasteiger partial charge in [-0.1, -0.05) is 116 Å². The average Bonchev–Trinajstić information content (AvgIpc) is 3.97. The number of hydroxylamine groups is 4. The molecule has 0 saturated carbocycles. The quantitative estimate of drug-likeness (QED) is 0.0244. The minimum absolute atomic E-state index is 0.0473. The first-order chi connectivity index (χ1) is 32.5. The van der Waals surface area contributed by atoms with E-state index in [1.54, 1.807) is 0 Å². The van der Waals surface area contributed by atoms with Crippen LogP contribution in [0.1, 0.15) is 12.0 Å². The molecule has 17 heteroatoms. The summed E-state index contributed by atoms with van der Waals surface area (Å²) in [5, 5.41) is 9.75. The SMILES string of the molecule is C=C(CC(=O)N(C)OC)P1(=O)N(c2ccccc2)CCN1c1ccccc1.C=C=CC(=O)N(C)OC.S=C(NCCOP1N(c2ccccc2)CCN1c1ccccc1)NCc1ccccc1. The number of anilines is 4. The van der Waals surface area contributed by atoms with Crippen molar-refractivity contribution >= 4 is 67.8 Å². The van der Waals surface area contributed by atoms with Gasteiger partial charge in [0.05, 0.1) is 27.2 Å². The van der Waals surface area contributed by atoms with Gasteiger partial charge in [0.15, 0.2) is 5.11 Å². The van der Waals surface area contributed by atoms with Crippen molar-refractivity contribution in [3.63, 3.8) is 0 Å². The Morgan fingerprint density at radius 1 is 0.701 bits per heavy atom. The highest BCUT2D eigenvalue weighted by Gasteiger charge is 2.46. The number of thiocarbonyl (C=S) groups is 1. The molecule has 2 aliphatic heterocycles. The van der Waals surface area contributed by atoms with E-state index in [0.29, 0.717) is 43.2 Å². The molecule has 2 heterocycles. The number of amides is 2. The predicted octanol–water partition coefficient (Wildman–Crippen LogP) is 9.40. The Balaban J connectivity index is 0.000000214. The Bertz CT molecular complexity index is 2320. The van der Waals surface area contributed by atoms with Crippen molar-refractivity contribution in [2.45, 2.75) is 13.0 Å². The van der Waals surface area contributed by atoms with Crippen LogP contribution in [0.3, 0.4) is 0 Å². The molecule has 0 aromatic heterocycles. The molecule has 2 saturated heterocycles. The molecule has 2 amide bonds. The zero-order valence-corrected chi connectivity index (χ0v) is 41.1. The summed E-state index contributed by atoms with van der Waals surface area (Å²) in [5.74, 6) is -0.557. The topological polar surface area (TPSA) is 122 Å². The highest BCUT2D eigenvalue weighted by atomic mass is 32.1. The zero-order chi connectivity index (χ0) is 48.0. The van der Waals surface area contributed by atoms with Crippen molar-refractivity contribution < 1.29 is 28.4 Å². The van der Waals surface area contributed by atoms with E-state index in [9.17, 15) is 14.2 Å². The van der Waals surface area contributed by atoms with Crippen LogP contribution >= 0.6 is 28.1 Å². The molecular weight excluding hydrogens is 903 g/mol. The monoisotopic (exact) mass is 962 g/mol. The van der Waals surface area contributed by atoms with E-state index < -0.39 is 15.9 Å². The van der Waals surface area contributed by atoms with Crippen LogP contribution in [0.25, 0.3) is 0 Å². The Morgan fingerprint density at radius 2 is 1.13 bits per heavy atom. The average molecular weight is 963 g/mol. The first-order valence-corrected chi connectivity index (χ1v) is 24.8. The lowest BCUT2D eigenvalue weighted by Crippen LogP contribution is -2.36. The third-order valence-corrected chi connectivity index (χ3v) is 16.0. The van der Waals surface area contributed by atoms with Crippen molar-refractivity contribution in [3.05, 3.63) is 188 Å². The number of nitrogens with one attached hydrogen (secondary N) is 2. The van der Waals surface area contributed by atoms with Crippen molar-refractivity contribution in [1.29, 1.82) is 0 Å². The number of benzene rings is 5. The van der Waals surface area contributed by atoms with Crippen LogP contribution in [0.5, 0.6) is 0 Å². The first-order valence-electron chi connectivity index (χ1n) is 21.6. The lowest BCUT2D eigenvalue weighted by molar-refractivity contribution is -0.167. The van der Waals surface area contributed by atoms with E-state index in [1.807, 2.05) is 100 Å². The molecule has 0 unspecified atom stereocenters. The Hall–Kier alpha value is -6.27. The maximum Gasteiger partial charge on any atom is 0.288 e. The summed E-state index contributed by atoms with van der Waals surface area (Å²) in [7, 11) is 1.68. The van der Waals surface area contributed by atoms with Crippen LogP contribution < -0.4 is 29.3 Å². The fraction of sp³-hybridized carbons (Fsp3) is 0.240. The fourth-order valence-corrected chi connectivity index (χ4v) is 11.9. The highest BCUT2D eigenvalue weighted by molar-refractivity contribution is 7.80. The fourth-order valence-electron chi connectivity index (χ4n) is 6.88. The summed E-state index contributed by atoms with van der Waals surface area (Å²) >= 11 is 5.41. The lowest BCUT2D eigenvalue weighted by Gasteiger charge is -2.34. The van der Waals surface area contributed by atoms with Gasteiger partial charge in [0.25, 0.3) is 19.3 Å². The standard InChI is InChI=1S/C24H27N4OPS.C20H24N3O3P.C6H9NO2/c31-24(26-20-21-10-4-1-5-11-21)25-16-19-29-30-27(22-12-6-2-7-13-22)17-18-28(30)23-14-8-3-9-15-23;1-17(16-20(24)21(2)26-3)27(25)22(18-10-6-4-7-11-18)14-15-23(27)19-12-8-5-9-13-19;1-4-5-6(8)7(2)9-3/h1-15H,16-20H2,(H2,25,26,31);4-13H,1,14-16H2,2-3H3;5H,1H2,2-3H3. The van der Waals surface area contributed by atoms with Gasteiger partial charge in [0.1, 0.15) is 0 Å². The first kappa shape index (κ1) is 51.7. The summed E-state index contributed by atoms with van der Waals surface area (Å²) in [6, 6.07) is 50.4. The molecule has 5 aromatic rings. The highest BCUT2D eigenvalue weighted by Crippen LogP contribution is 2.66. The number of nitrogens with zero attached hydrogens (tertiary/aromatic N) is 6. The second-order valence-corrected chi connectivity index (χ2v) is 19.6. The van der Waals surface area contributed by atoms with E-state index in [2.05, 4.69) is 104 Å². The van der Waals surface area contributed by atoms with Gasteiger partial charge in [-0.3, -0.25) is 23.8 Å². The molecule has 2 fully saturated rings. The number of likely N-dealkylation sites (N-methyl/N-ethyl adjacent to an activating group) is 1. The van der Waals surface area contributed by atoms with Gasteiger partial charge in [0, 0.05) is 87.5 Å². The van der Waals surface area contributed by atoms with E-state index in [1.165, 1.54) is 51.3 Å². The van der Waals surface area contributed by atoms with Crippen LogP contribution in [-0.2, 0) is 34.9 Å². The molecular formula is C50H60N8O6P2S. The molecule has 2 aliphatic rings. The van der Waals surface area contributed by atoms with Gasteiger partial charge < -0.3 is 33.8 Å². The number of carbonyl (C=O) groups is 2. The third-order valence-electron chi connectivity index (χ3n) is 10.4. The lowest BCUT2D eigenvalue weighted by atomic mass is 10.2. The van der Waals surface area contributed by atoms with Crippen LogP contribution in [0.4, 0.5) is 22.7 Å². The van der Waals surface area contributed by atoms with E-state index in [0.717, 1.165) is 34.6 Å². The van der Waals surface area contributed by atoms with Crippen molar-refractivity contribution in [2.75, 3.05) is 86.3 Å². The number of rotatable bonds is 16. The summed E-state index contributed by atoms with van der Waals surface area (Å²) in [6.07, 6.45) is 1.15. The summed E-state index contributed by atoms with van der Waals surface area (Å²) in [4.78, 5) is 32.5. The minimum Gasteiger partial charge on any atom is -0.360 e. The van der Waals surface area contributed by atoms with E-state index >= 15 is 0 Å². The van der Waals surface area contributed by atoms with Gasteiger partial charge in [0.2, 0.25) is 8.45 Å². The van der Waals surface area contributed by atoms with Crippen molar-refractivity contribution in [3.8, 4) is 0 Å². The normalized spacial score (nSPS) is 13.8. The van der Waals surface area contributed by atoms with Gasteiger partial charge in [-0.2, -0.15) is 0 Å². The Labute approximate surface area is 402 Å². The van der Waals surface area contributed by atoms with Gasteiger partial charge in [-0.15, -0.1) is 5.73 Å². The van der Waals surface area contributed by atoms with Crippen molar-refractivity contribution in [1.82, 2.24) is 20.8 Å². The molecule has 5 aromatic carbocycles. The minimum atomic E-state index is -3.26. The Kier molecular flexibility index (Phi) is 20.7. The summed E-state index contributed by atoms with van der Waals surface area (Å²) in [6.45, 7) is 12.3. The second-order valence-electron chi connectivity index (χ2n) is 14.7. The van der Waals surface area contributed by atoms with Crippen LogP contribution in [-0.4, -0.2) is 94.7 Å². The van der Waals surface area contributed by atoms with Gasteiger partial charge in [-0.05, 0) is 66.3 Å². The summed E-state index contributed by atoms with van der Waals surface area (Å²) < 4.78 is 29.3. The smallest absolute Gasteiger partial charge is 0.288 e. The molecule has 7 rings (SSSR count). The summed E-state index contributed by atoms with van der Waals surface area (Å²) in [5.41, 5.74) is 7.64. The molecule has 14 nitrogen and oxygen atoms in total. The molecule has 0 radical (unpaired) electrons. The largest absolute Gasteiger partial charge is 0.360 e. The predicted molar refractivity (Wildman–Crippen MR) is 277 cm³/mol. The van der Waals surface area contributed by atoms with Gasteiger partial charge >= 0.3 is 0 Å². The van der Waals surface area contributed by atoms with E-state index in [-0.39, 0.29) is 18.2 Å². The molecule has 0 spiro atoms. The maximum atomic E-state index is 14.4. The van der Waals surface area contributed by atoms with E-state index in [4.69, 9.17) is 21.6 Å². The number of hydrogen-bond acceptors (Lipinski definition) is 9. The van der Waals surface area contributed by atoms with Crippen LogP contribution in [0.2, 0.25) is 0 Å². The van der Waals surface area contributed by atoms with Crippen LogP contribution in [0, 0.1) is 0 Å². The maximum absolute atomic E-state index is 14.4. The van der Waals surface area contributed by atoms with Crippen molar-refractivity contribution in [2.24, 2.45) is 0 Å². The van der Waals surface area contributed by atoms with Crippen LogP contribution in [0.15, 0.2) is 182 Å². The zero-order valence-electron chi connectivity index (χ0n) is 38.5. The molecule has 2 N–H and O–H groups in total. The molecule has 67 heavy (non-hydrogen) atoms. The Morgan fingerprint density at radius 3 is 1.57 bits per heavy atom.